The van der Waals surface area contributed by atoms with Crippen molar-refractivity contribution in [3.8, 4) is 0 Å². The van der Waals surface area contributed by atoms with Gasteiger partial charge in [-0.2, -0.15) is 0 Å². The van der Waals surface area contributed by atoms with Crippen molar-refractivity contribution in [2.75, 3.05) is 6.54 Å². The molecule has 1 N–H and O–H groups in total. The number of carbonyl (C=O) groups excluding carboxylic acids is 1. The van der Waals surface area contributed by atoms with Gasteiger partial charge in [-0.25, -0.2) is 0 Å². The second-order valence-electron chi connectivity index (χ2n) is 3.66. The third-order valence-corrected chi connectivity index (χ3v) is 2.45. The molecule has 0 bridgehead atoms. The Morgan fingerprint density at radius 1 is 1.55 bits per heavy atom. The third-order valence-electron chi connectivity index (χ3n) is 2.45. The Hall–Kier alpha value is -0.530. The number of hydrogen-bond donors (Lipinski definition) is 1. The van der Waals surface area contributed by atoms with E-state index in [4.69, 9.17) is 0 Å². The maximum absolute atomic E-state index is 10.6. The van der Waals surface area contributed by atoms with Crippen molar-refractivity contribution in [2.24, 2.45) is 5.41 Å². The second-order valence-corrected chi connectivity index (χ2v) is 3.66. The van der Waals surface area contributed by atoms with Gasteiger partial charge in [-0.1, -0.05) is 13.3 Å². The second kappa shape index (κ2) is 3.24. The topological polar surface area (TPSA) is 29.1 Å². The lowest BCUT2D eigenvalue weighted by Gasteiger charge is -2.13. The zero-order chi connectivity index (χ0) is 8.32. The lowest BCUT2D eigenvalue weighted by Crippen LogP contribution is -2.27. The van der Waals surface area contributed by atoms with Gasteiger partial charge in [0.1, 0.15) is 0 Å². The predicted molar refractivity (Wildman–Crippen MR) is 45.3 cm³/mol. The Balaban J connectivity index is 2.19. The van der Waals surface area contributed by atoms with Gasteiger partial charge in [0.05, 0.1) is 0 Å². The smallest absolute Gasteiger partial charge is 0.216 e. The monoisotopic (exact) mass is 155 g/mol. The Kier molecular flexibility index (Phi) is 2.53. The molecule has 0 unspecified atom stereocenters. The molecule has 0 atom stereocenters. The van der Waals surface area contributed by atoms with Gasteiger partial charge >= 0.3 is 0 Å². The Labute approximate surface area is 68.4 Å². The van der Waals surface area contributed by atoms with Gasteiger partial charge in [-0.05, 0) is 24.7 Å². The van der Waals surface area contributed by atoms with Crippen LogP contribution in [0.25, 0.3) is 0 Å². The molecule has 1 saturated carbocycles. The predicted octanol–water partition coefficient (Wildman–Crippen LogP) is 1.70. The molecule has 2 heteroatoms. The fraction of sp³-hybridized carbons (Fsp3) is 0.889. The zero-order valence-corrected chi connectivity index (χ0v) is 7.44. The Morgan fingerprint density at radius 2 is 2.18 bits per heavy atom. The van der Waals surface area contributed by atoms with Crippen molar-refractivity contribution in [3.63, 3.8) is 0 Å². The summed E-state index contributed by atoms with van der Waals surface area (Å²) in [6, 6.07) is 0. The molecule has 1 amide bonds. The highest BCUT2D eigenvalue weighted by Crippen LogP contribution is 2.48. The molecule has 0 heterocycles. The van der Waals surface area contributed by atoms with Gasteiger partial charge in [0, 0.05) is 13.5 Å². The summed E-state index contributed by atoms with van der Waals surface area (Å²) >= 11 is 0. The molecule has 0 spiro atoms. The van der Waals surface area contributed by atoms with E-state index in [2.05, 4.69) is 12.2 Å². The van der Waals surface area contributed by atoms with Crippen molar-refractivity contribution in [3.05, 3.63) is 0 Å². The van der Waals surface area contributed by atoms with Crippen LogP contribution in [0.3, 0.4) is 0 Å². The highest BCUT2D eigenvalue weighted by molar-refractivity contribution is 5.72. The van der Waals surface area contributed by atoms with Crippen LogP contribution in [0.1, 0.15) is 39.5 Å². The molecule has 1 fully saturated rings. The minimum absolute atomic E-state index is 0.104. The standard InChI is InChI=1S/C9H17NO/c1-3-4-9(5-6-9)7-10-8(2)11/h3-7H2,1-2H3,(H,10,11). The third kappa shape index (κ3) is 2.52. The minimum Gasteiger partial charge on any atom is -0.356 e. The molecular weight excluding hydrogens is 138 g/mol. The summed E-state index contributed by atoms with van der Waals surface area (Å²) < 4.78 is 0. The fourth-order valence-corrected chi connectivity index (χ4v) is 1.53. The number of hydrogen-bond acceptors (Lipinski definition) is 1. The van der Waals surface area contributed by atoms with E-state index in [0.29, 0.717) is 5.41 Å². The van der Waals surface area contributed by atoms with Crippen molar-refractivity contribution in [2.45, 2.75) is 39.5 Å². The summed E-state index contributed by atoms with van der Waals surface area (Å²) in [5, 5.41) is 2.89. The first-order chi connectivity index (χ1) is 5.18. The molecular formula is C9H17NO. The number of rotatable bonds is 4. The maximum Gasteiger partial charge on any atom is 0.216 e. The van der Waals surface area contributed by atoms with Crippen LogP contribution in [-0.2, 0) is 4.79 Å². The van der Waals surface area contributed by atoms with Crippen molar-refractivity contribution < 1.29 is 4.79 Å². The van der Waals surface area contributed by atoms with E-state index in [1.165, 1.54) is 25.7 Å². The summed E-state index contributed by atoms with van der Waals surface area (Å²) in [4.78, 5) is 10.6. The first-order valence-corrected chi connectivity index (χ1v) is 4.43. The van der Waals surface area contributed by atoms with Crippen LogP contribution in [0.5, 0.6) is 0 Å². The zero-order valence-electron chi connectivity index (χ0n) is 7.44. The quantitative estimate of drug-likeness (QED) is 0.657. The van der Waals surface area contributed by atoms with E-state index in [0.717, 1.165) is 6.54 Å². The van der Waals surface area contributed by atoms with Crippen molar-refractivity contribution in [1.29, 1.82) is 0 Å². The summed E-state index contributed by atoms with van der Waals surface area (Å²) in [5.41, 5.74) is 0.500. The van der Waals surface area contributed by atoms with Gasteiger partial charge in [0.15, 0.2) is 0 Å². The maximum atomic E-state index is 10.6. The van der Waals surface area contributed by atoms with E-state index in [9.17, 15) is 4.79 Å². The lowest BCUT2D eigenvalue weighted by atomic mass is 10.0. The van der Waals surface area contributed by atoms with Crippen LogP contribution in [0.4, 0.5) is 0 Å². The summed E-state index contributed by atoms with van der Waals surface area (Å²) in [6.07, 6.45) is 5.12. The first kappa shape index (κ1) is 8.57. The van der Waals surface area contributed by atoms with E-state index in [1.807, 2.05) is 0 Å². The van der Waals surface area contributed by atoms with Crippen LogP contribution in [0.15, 0.2) is 0 Å². The minimum atomic E-state index is 0.104. The average Bonchev–Trinajstić information content (AvgIpc) is 2.67. The van der Waals surface area contributed by atoms with Crippen LogP contribution in [-0.4, -0.2) is 12.5 Å². The molecule has 11 heavy (non-hydrogen) atoms. The molecule has 1 rings (SSSR count). The molecule has 0 aliphatic heterocycles. The Morgan fingerprint density at radius 3 is 2.55 bits per heavy atom. The van der Waals surface area contributed by atoms with Crippen LogP contribution >= 0.6 is 0 Å². The Bertz CT molecular complexity index is 150. The highest BCUT2D eigenvalue weighted by Gasteiger charge is 2.41. The largest absolute Gasteiger partial charge is 0.356 e. The normalized spacial score (nSPS) is 19.5. The van der Waals surface area contributed by atoms with Gasteiger partial charge in [-0.15, -0.1) is 0 Å². The van der Waals surface area contributed by atoms with Gasteiger partial charge < -0.3 is 5.32 Å². The number of amides is 1. The SMILES string of the molecule is CCCC1(CNC(C)=O)CC1. The molecule has 0 saturated heterocycles. The van der Waals surface area contributed by atoms with E-state index in [-0.39, 0.29) is 5.91 Å². The molecule has 1 aliphatic carbocycles. The van der Waals surface area contributed by atoms with E-state index in [1.54, 1.807) is 6.92 Å². The average molecular weight is 155 g/mol. The van der Waals surface area contributed by atoms with E-state index >= 15 is 0 Å². The first-order valence-electron chi connectivity index (χ1n) is 4.43. The summed E-state index contributed by atoms with van der Waals surface area (Å²) in [6.45, 7) is 4.69. The molecule has 2 nitrogen and oxygen atoms in total. The van der Waals surface area contributed by atoms with Crippen molar-refractivity contribution in [1.82, 2.24) is 5.32 Å². The van der Waals surface area contributed by atoms with Crippen LogP contribution in [0.2, 0.25) is 0 Å². The molecule has 1 aliphatic rings. The van der Waals surface area contributed by atoms with Crippen molar-refractivity contribution >= 4 is 5.91 Å². The fourth-order valence-electron chi connectivity index (χ4n) is 1.53. The lowest BCUT2D eigenvalue weighted by molar-refractivity contribution is -0.119. The van der Waals surface area contributed by atoms with E-state index < -0.39 is 0 Å². The summed E-state index contributed by atoms with van der Waals surface area (Å²) in [5.74, 6) is 0.104. The van der Waals surface area contributed by atoms with Crippen LogP contribution < -0.4 is 5.32 Å². The molecule has 0 radical (unpaired) electrons. The molecule has 0 aromatic carbocycles. The van der Waals surface area contributed by atoms with Gasteiger partial charge in [-0.3, -0.25) is 4.79 Å². The molecule has 0 aromatic rings. The van der Waals surface area contributed by atoms with Gasteiger partial charge in [0.25, 0.3) is 0 Å². The number of nitrogens with one attached hydrogen (secondary N) is 1. The molecule has 0 aromatic heterocycles. The highest BCUT2D eigenvalue weighted by atomic mass is 16.1. The summed E-state index contributed by atoms with van der Waals surface area (Å²) in [7, 11) is 0. The number of carbonyl (C=O) groups is 1. The van der Waals surface area contributed by atoms with Crippen LogP contribution in [0, 0.1) is 5.41 Å². The molecule has 64 valence electrons. The van der Waals surface area contributed by atoms with Gasteiger partial charge in [0.2, 0.25) is 5.91 Å².